The van der Waals surface area contributed by atoms with Gasteiger partial charge in [-0.3, -0.25) is 0 Å². The van der Waals surface area contributed by atoms with Crippen molar-refractivity contribution in [2.75, 3.05) is 7.05 Å². The quantitative estimate of drug-likeness (QED) is 0.905. The van der Waals surface area contributed by atoms with Crippen molar-refractivity contribution in [3.8, 4) is 0 Å². The van der Waals surface area contributed by atoms with E-state index in [2.05, 4.69) is 22.9 Å². The van der Waals surface area contributed by atoms with Crippen LogP contribution in [0.1, 0.15) is 37.3 Å². The highest BCUT2D eigenvalue weighted by Crippen LogP contribution is 2.35. The number of hydrogen-bond acceptors (Lipinski definition) is 2. The summed E-state index contributed by atoms with van der Waals surface area (Å²) in [5.41, 5.74) is 2.63. The molecule has 1 aromatic rings. The lowest BCUT2D eigenvalue weighted by atomic mass is 9.89. The Balaban J connectivity index is 1.66. The van der Waals surface area contributed by atoms with Crippen molar-refractivity contribution in [3.05, 3.63) is 35.4 Å². The molecule has 21 heavy (non-hydrogen) atoms. The average Bonchev–Trinajstić information content (AvgIpc) is 3.30. The molecule has 1 aromatic carbocycles. The number of benzene rings is 1. The molecule has 4 nitrogen and oxygen atoms in total. The first-order valence-electron chi connectivity index (χ1n) is 7.79. The summed E-state index contributed by atoms with van der Waals surface area (Å²) in [6, 6.07) is 8.43. The maximum atomic E-state index is 12.5. The van der Waals surface area contributed by atoms with Gasteiger partial charge in [0.05, 0.1) is 0 Å². The number of rotatable bonds is 5. The molecule has 0 aliphatic heterocycles. The largest absolute Gasteiger partial charge is 0.279 e. The Morgan fingerprint density at radius 1 is 1.19 bits per heavy atom. The average molecular weight is 308 g/mol. The Bertz CT molecular complexity index is 610. The van der Waals surface area contributed by atoms with Crippen molar-refractivity contribution in [2.24, 2.45) is 5.92 Å². The van der Waals surface area contributed by atoms with Crippen molar-refractivity contribution in [3.63, 3.8) is 0 Å². The van der Waals surface area contributed by atoms with E-state index in [4.69, 9.17) is 0 Å². The minimum atomic E-state index is -3.38. The molecule has 0 spiro atoms. The van der Waals surface area contributed by atoms with Gasteiger partial charge in [-0.2, -0.15) is 17.4 Å². The molecule has 0 unspecified atom stereocenters. The first-order valence-corrected chi connectivity index (χ1v) is 9.23. The third-order valence-electron chi connectivity index (χ3n) is 4.92. The van der Waals surface area contributed by atoms with Crippen LogP contribution in [-0.2, 0) is 23.1 Å². The van der Waals surface area contributed by atoms with Crippen LogP contribution in [-0.4, -0.2) is 31.9 Å². The Morgan fingerprint density at radius 2 is 1.86 bits per heavy atom. The molecule has 0 amide bonds. The lowest BCUT2D eigenvalue weighted by molar-refractivity contribution is 0.345. The van der Waals surface area contributed by atoms with Gasteiger partial charge in [-0.1, -0.05) is 24.3 Å². The Morgan fingerprint density at radius 3 is 2.52 bits per heavy atom. The van der Waals surface area contributed by atoms with Crippen molar-refractivity contribution < 1.29 is 8.42 Å². The molecule has 3 rings (SSSR count). The fraction of sp³-hybridized carbons (Fsp3) is 0.625. The number of nitrogens with zero attached hydrogens (tertiary/aromatic N) is 1. The number of fused-ring (bicyclic) bond motifs is 1. The molecule has 0 aromatic heterocycles. The number of nitrogens with one attached hydrogen (secondary N) is 1. The van der Waals surface area contributed by atoms with Gasteiger partial charge >= 0.3 is 0 Å². The van der Waals surface area contributed by atoms with Gasteiger partial charge < -0.3 is 0 Å². The van der Waals surface area contributed by atoms with Crippen LogP contribution in [0.4, 0.5) is 0 Å². The topological polar surface area (TPSA) is 49.4 Å². The van der Waals surface area contributed by atoms with Gasteiger partial charge in [0, 0.05) is 19.1 Å². The molecule has 1 saturated carbocycles. The maximum absolute atomic E-state index is 12.5. The standard InChI is InChI=1S/C16H24N2O2S/c1-12(13-7-8-13)18(2)21(19,20)17-16-10-9-14-5-3-4-6-15(14)11-16/h3-6,12-13,16-17H,7-11H2,1-2H3/t12-,16+/m1/s1. The second-order valence-electron chi connectivity index (χ2n) is 6.43. The molecule has 5 heteroatoms. The van der Waals surface area contributed by atoms with Crippen molar-refractivity contribution in [1.29, 1.82) is 0 Å². The van der Waals surface area contributed by atoms with Gasteiger partial charge in [-0.15, -0.1) is 0 Å². The summed E-state index contributed by atoms with van der Waals surface area (Å²) in [5.74, 6) is 0.540. The van der Waals surface area contributed by atoms with Crippen LogP contribution in [0.25, 0.3) is 0 Å². The van der Waals surface area contributed by atoms with Crippen LogP contribution in [0.15, 0.2) is 24.3 Å². The van der Waals surface area contributed by atoms with Crippen LogP contribution in [0.3, 0.4) is 0 Å². The molecule has 1 fully saturated rings. The van der Waals surface area contributed by atoms with Crippen molar-refractivity contribution in [1.82, 2.24) is 9.03 Å². The van der Waals surface area contributed by atoms with E-state index in [1.807, 2.05) is 13.0 Å². The highest BCUT2D eigenvalue weighted by atomic mass is 32.2. The summed E-state index contributed by atoms with van der Waals surface area (Å²) in [6.07, 6.45) is 4.92. The molecule has 2 aliphatic carbocycles. The summed E-state index contributed by atoms with van der Waals surface area (Å²) in [5, 5.41) is 0. The molecule has 116 valence electrons. The van der Waals surface area contributed by atoms with E-state index < -0.39 is 10.2 Å². The molecular formula is C16H24N2O2S. The molecule has 0 heterocycles. The maximum Gasteiger partial charge on any atom is 0.279 e. The Kier molecular flexibility index (Phi) is 4.08. The van der Waals surface area contributed by atoms with E-state index in [0.29, 0.717) is 5.92 Å². The predicted molar refractivity (Wildman–Crippen MR) is 84.3 cm³/mol. The summed E-state index contributed by atoms with van der Waals surface area (Å²) in [7, 11) is -1.69. The second kappa shape index (κ2) is 5.71. The van der Waals surface area contributed by atoms with Crippen molar-refractivity contribution in [2.45, 2.75) is 51.1 Å². The van der Waals surface area contributed by atoms with Gasteiger partial charge in [0.2, 0.25) is 0 Å². The lowest BCUT2D eigenvalue weighted by Gasteiger charge is -2.30. The van der Waals surface area contributed by atoms with Gasteiger partial charge in [0.1, 0.15) is 0 Å². The van der Waals surface area contributed by atoms with E-state index in [9.17, 15) is 8.42 Å². The smallest absolute Gasteiger partial charge is 0.199 e. The molecule has 2 atom stereocenters. The van der Waals surface area contributed by atoms with E-state index in [0.717, 1.165) is 32.1 Å². The normalized spacial score (nSPS) is 23.9. The summed E-state index contributed by atoms with van der Waals surface area (Å²) in [4.78, 5) is 0. The zero-order chi connectivity index (χ0) is 15.0. The highest BCUT2D eigenvalue weighted by molar-refractivity contribution is 7.87. The van der Waals surface area contributed by atoms with Crippen LogP contribution >= 0.6 is 0 Å². The third kappa shape index (κ3) is 3.30. The monoisotopic (exact) mass is 308 g/mol. The molecule has 2 aliphatic rings. The molecule has 0 saturated heterocycles. The van der Waals surface area contributed by atoms with Gasteiger partial charge in [-0.25, -0.2) is 0 Å². The predicted octanol–water partition coefficient (Wildman–Crippen LogP) is 2.11. The Hall–Kier alpha value is -0.910. The minimum absolute atomic E-state index is 0.0127. The molecular weight excluding hydrogens is 284 g/mol. The number of hydrogen-bond donors (Lipinski definition) is 1. The van der Waals surface area contributed by atoms with E-state index in [1.165, 1.54) is 15.4 Å². The summed E-state index contributed by atoms with van der Waals surface area (Å²) < 4.78 is 29.4. The molecule has 1 N–H and O–H groups in total. The summed E-state index contributed by atoms with van der Waals surface area (Å²) in [6.45, 7) is 2.01. The van der Waals surface area contributed by atoms with Crippen LogP contribution in [0, 0.1) is 5.92 Å². The Labute approximate surface area is 127 Å². The molecule has 0 radical (unpaired) electrons. The molecule has 0 bridgehead atoms. The SMILES string of the molecule is C[C@H](C1CC1)N(C)S(=O)(=O)N[C@H]1CCc2ccccc2C1. The zero-order valence-corrected chi connectivity index (χ0v) is 13.6. The van der Waals surface area contributed by atoms with E-state index in [1.54, 1.807) is 7.05 Å². The van der Waals surface area contributed by atoms with Crippen LogP contribution in [0.2, 0.25) is 0 Å². The fourth-order valence-electron chi connectivity index (χ4n) is 3.19. The zero-order valence-electron chi connectivity index (χ0n) is 12.7. The van der Waals surface area contributed by atoms with Gasteiger partial charge in [-0.05, 0) is 56.1 Å². The lowest BCUT2D eigenvalue weighted by Crippen LogP contribution is -2.48. The first kappa shape index (κ1) is 15.0. The van der Waals surface area contributed by atoms with Crippen molar-refractivity contribution >= 4 is 10.2 Å². The van der Waals surface area contributed by atoms with E-state index in [-0.39, 0.29) is 12.1 Å². The second-order valence-corrected chi connectivity index (χ2v) is 8.19. The first-order chi connectivity index (χ1) is 9.97. The minimum Gasteiger partial charge on any atom is -0.199 e. The third-order valence-corrected chi connectivity index (χ3v) is 6.64. The summed E-state index contributed by atoms with van der Waals surface area (Å²) >= 11 is 0. The van der Waals surface area contributed by atoms with Crippen LogP contribution < -0.4 is 4.72 Å². The van der Waals surface area contributed by atoms with Crippen LogP contribution in [0.5, 0.6) is 0 Å². The fourth-order valence-corrected chi connectivity index (χ4v) is 4.59. The van der Waals surface area contributed by atoms with E-state index >= 15 is 0 Å². The number of aryl methyl sites for hydroxylation is 1. The highest BCUT2D eigenvalue weighted by Gasteiger charge is 2.36. The van der Waals surface area contributed by atoms with Gasteiger partial charge in [0.15, 0.2) is 0 Å². The van der Waals surface area contributed by atoms with Gasteiger partial charge in [0.25, 0.3) is 10.2 Å².